The summed E-state index contributed by atoms with van der Waals surface area (Å²) in [6.07, 6.45) is 0.954. The van der Waals surface area contributed by atoms with Crippen molar-refractivity contribution in [2.75, 3.05) is 13.2 Å². The molecule has 0 N–H and O–H groups in total. The number of halogens is 1. The summed E-state index contributed by atoms with van der Waals surface area (Å²) in [4.78, 5) is 23.1. The smallest absolute Gasteiger partial charge is 0.374 e. The van der Waals surface area contributed by atoms with Gasteiger partial charge in [0.1, 0.15) is 5.75 Å². The minimum absolute atomic E-state index is 0.170. The Bertz CT molecular complexity index is 493. The van der Waals surface area contributed by atoms with Crippen molar-refractivity contribution in [2.24, 2.45) is 0 Å². The maximum Gasteiger partial charge on any atom is 0.374 e. The molecule has 20 heavy (non-hydrogen) atoms. The number of carbonyl (C=O) groups is 2. The number of benzene rings is 1. The summed E-state index contributed by atoms with van der Waals surface area (Å²) in [5.74, 6) is -1.30. The van der Waals surface area contributed by atoms with Crippen LogP contribution in [0.25, 0.3) is 0 Å². The highest BCUT2D eigenvalue weighted by atomic mass is 35.5. The fourth-order valence-electron chi connectivity index (χ4n) is 1.25. The van der Waals surface area contributed by atoms with Crippen LogP contribution in [0.4, 0.5) is 0 Å². The van der Waals surface area contributed by atoms with Gasteiger partial charge in [-0.3, -0.25) is 0 Å². The number of esters is 2. The molecule has 0 atom stereocenters. The Kier molecular flexibility index (Phi) is 6.59. The fraction of sp³-hybridized carbons (Fsp3) is 0.286. The molecule has 0 aliphatic carbocycles. The van der Waals surface area contributed by atoms with E-state index in [0.717, 1.165) is 6.08 Å². The average molecular weight is 299 g/mol. The van der Waals surface area contributed by atoms with Crippen LogP contribution in [0.15, 0.2) is 36.1 Å². The molecule has 0 unspecified atom stereocenters. The number of rotatable bonds is 6. The second-order valence-electron chi connectivity index (χ2n) is 3.54. The van der Waals surface area contributed by atoms with Crippen LogP contribution in [0.3, 0.4) is 0 Å². The Balaban J connectivity index is 2.89. The minimum Gasteiger partial charge on any atom is -0.463 e. The molecule has 0 fully saturated rings. The summed E-state index contributed by atoms with van der Waals surface area (Å²) >= 11 is 5.75. The molecule has 5 nitrogen and oxygen atoms in total. The Morgan fingerprint density at radius 1 is 1.10 bits per heavy atom. The van der Waals surface area contributed by atoms with E-state index in [1.54, 1.807) is 38.1 Å². The van der Waals surface area contributed by atoms with E-state index in [4.69, 9.17) is 25.8 Å². The SMILES string of the molecule is CCOC(=O)C=C(Oc1ccc(Cl)cc1)C(=O)OCC. The predicted molar refractivity (Wildman–Crippen MR) is 73.4 cm³/mol. The van der Waals surface area contributed by atoms with E-state index in [1.807, 2.05) is 0 Å². The maximum absolute atomic E-state index is 11.7. The molecular weight excluding hydrogens is 284 g/mol. The van der Waals surface area contributed by atoms with Crippen molar-refractivity contribution in [1.29, 1.82) is 0 Å². The summed E-state index contributed by atoms with van der Waals surface area (Å²) in [6, 6.07) is 6.34. The molecule has 0 radical (unpaired) electrons. The van der Waals surface area contributed by atoms with Gasteiger partial charge in [0.15, 0.2) is 0 Å². The van der Waals surface area contributed by atoms with Gasteiger partial charge in [0, 0.05) is 5.02 Å². The van der Waals surface area contributed by atoms with Crippen molar-refractivity contribution in [3.05, 3.63) is 41.1 Å². The lowest BCUT2D eigenvalue weighted by Gasteiger charge is -2.09. The van der Waals surface area contributed by atoms with Crippen LogP contribution in [-0.2, 0) is 19.1 Å². The third-order valence-corrected chi connectivity index (χ3v) is 2.31. The molecule has 0 aliphatic heterocycles. The van der Waals surface area contributed by atoms with E-state index in [2.05, 4.69) is 0 Å². The van der Waals surface area contributed by atoms with Crippen molar-refractivity contribution in [1.82, 2.24) is 0 Å². The van der Waals surface area contributed by atoms with Gasteiger partial charge < -0.3 is 14.2 Å². The number of hydrogen-bond acceptors (Lipinski definition) is 5. The molecule has 0 heterocycles. The minimum atomic E-state index is -0.740. The van der Waals surface area contributed by atoms with Crippen LogP contribution < -0.4 is 4.74 Å². The summed E-state index contributed by atoms with van der Waals surface area (Å²) in [5.41, 5.74) is 0. The third kappa shape index (κ3) is 5.32. The van der Waals surface area contributed by atoms with E-state index < -0.39 is 11.9 Å². The number of ether oxygens (including phenoxy) is 3. The third-order valence-electron chi connectivity index (χ3n) is 2.05. The predicted octanol–water partition coefficient (Wildman–Crippen LogP) is 2.73. The first-order valence-electron chi connectivity index (χ1n) is 6.05. The lowest BCUT2D eigenvalue weighted by Crippen LogP contribution is -2.15. The van der Waals surface area contributed by atoms with Crippen LogP contribution in [0.5, 0.6) is 5.75 Å². The first-order valence-corrected chi connectivity index (χ1v) is 6.43. The molecular formula is C14H15ClO5. The summed E-state index contributed by atoms with van der Waals surface area (Å²) in [7, 11) is 0. The van der Waals surface area contributed by atoms with Crippen LogP contribution >= 0.6 is 11.6 Å². The molecule has 0 aromatic heterocycles. The first kappa shape index (κ1) is 16.0. The Labute approximate surface area is 122 Å². The molecule has 0 saturated carbocycles. The lowest BCUT2D eigenvalue weighted by atomic mass is 10.3. The molecule has 0 saturated heterocycles. The normalized spacial score (nSPS) is 10.8. The largest absolute Gasteiger partial charge is 0.463 e. The monoisotopic (exact) mass is 298 g/mol. The van der Waals surface area contributed by atoms with Crippen molar-refractivity contribution in [3.8, 4) is 5.75 Å². The van der Waals surface area contributed by atoms with Gasteiger partial charge in [-0.15, -0.1) is 0 Å². The molecule has 0 amide bonds. The zero-order chi connectivity index (χ0) is 15.0. The maximum atomic E-state index is 11.7. The van der Waals surface area contributed by atoms with Gasteiger partial charge >= 0.3 is 11.9 Å². The van der Waals surface area contributed by atoms with Crippen LogP contribution in [-0.4, -0.2) is 25.2 Å². The van der Waals surface area contributed by atoms with E-state index in [-0.39, 0.29) is 19.0 Å². The Morgan fingerprint density at radius 3 is 2.25 bits per heavy atom. The highest BCUT2D eigenvalue weighted by Crippen LogP contribution is 2.18. The van der Waals surface area contributed by atoms with Gasteiger partial charge in [0.25, 0.3) is 0 Å². The molecule has 6 heteroatoms. The molecule has 1 aromatic rings. The van der Waals surface area contributed by atoms with E-state index in [9.17, 15) is 9.59 Å². The topological polar surface area (TPSA) is 61.8 Å². The molecule has 1 aromatic carbocycles. The molecule has 1 rings (SSSR count). The second kappa shape index (κ2) is 8.22. The van der Waals surface area contributed by atoms with Crippen LogP contribution in [0.2, 0.25) is 5.02 Å². The van der Waals surface area contributed by atoms with Gasteiger partial charge in [-0.1, -0.05) is 11.6 Å². The second-order valence-corrected chi connectivity index (χ2v) is 3.97. The van der Waals surface area contributed by atoms with Gasteiger partial charge in [-0.25, -0.2) is 9.59 Å². The van der Waals surface area contributed by atoms with E-state index in [0.29, 0.717) is 10.8 Å². The summed E-state index contributed by atoms with van der Waals surface area (Å²) in [5, 5.41) is 0.532. The van der Waals surface area contributed by atoms with Crippen LogP contribution in [0.1, 0.15) is 13.8 Å². The van der Waals surface area contributed by atoms with E-state index >= 15 is 0 Å². The van der Waals surface area contributed by atoms with Crippen molar-refractivity contribution in [2.45, 2.75) is 13.8 Å². The first-order chi connectivity index (χ1) is 9.56. The summed E-state index contributed by atoms with van der Waals surface area (Å²) < 4.78 is 14.9. The lowest BCUT2D eigenvalue weighted by molar-refractivity contribution is -0.143. The van der Waals surface area contributed by atoms with Gasteiger partial charge in [-0.05, 0) is 38.1 Å². The van der Waals surface area contributed by atoms with Crippen molar-refractivity contribution < 1.29 is 23.8 Å². The molecule has 0 spiro atoms. The average Bonchev–Trinajstić information content (AvgIpc) is 2.41. The molecule has 0 aliphatic rings. The molecule has 0 bridgehead atoms. The highest BCUT2D eigenvalue weighted by molar-refractivity contribution is 6.30. The quantitative estimate of drug-likeness (QED) is 0.459. The highest BCUT2D eigenvalue weighted by Gasteiger charge is 2.16. The fourth-order valence-corrected chi connectivity index (χ4v) is 1.38. The number of carbonyl (C=O) groups excluding carboxylic acids is 2. The van der Waals surface area contributed by atoms with Gasteiger partial charge in [0.2, 0.25) is 5.76 Å². The Morgan fingerprint density at radius 2 is 1.70 bits per heavy atom. The zero-order valence-corrected chi connectivity index (χ0v) is 12.0. The van der Waals surface area contributed by atoms with Crippen molar-refractivity contribution in [3.63, 3.8) is 0 Å². The molecule has 108 valence electrons. The van der Waals surface area contributed by atoms with Gasteiger partial charge in [-0.2, -0.15) is 0 Å². The van der Waals surface area contributed by atoms with Crippen LogP contribution in [0, 0.1) is 0 Å². The standard InChI is InChI=1S/C14H15ClO5/c1-3-18-13(16)9-12(14(17)19-4-2)20-11-7-5-10(15)6-8-11/h5-9H,3-4H2,1-2H3. The van der Waals surface area contributed by atoms with Gasteiger partial charge in [0.05, 0.1) is 19.3 Å². The zero-order valence-electron chi connectivity index (χ0n) is 11.2. The summed E-state index contributed by atoms with van der Waals surface area (Å²) in [6.45, 7) is 3.69. The van der Waals surface area contributed by atoms with E-state index in [1.165, 1.54) is 0 Å². The number of hydrogen-bond donors (Lipinski definition) is 0. The van der Waals surface area contributed by atoms with Crippen molar-refractivity contribution >= 4 is 23.5 Å². The Hall–Kier alpha value is -2.01.